The van der Waals surface area contributed by atoms with Crippen molar-refractivity contribution in [3.63, 3.8) is 0 Å². The molecule has 0 aliphatic carbocycles. The second kappa shape index (κ2) is 5.19. The Balaban J connectivity index is 1.77. The first kappa shape index (κ1) is 12.5. The van der Waals surface area contributed by atoms with Crippen molar-refractivity contribution in [2.75, 3.05) is 16.8 Å². The van der Waals surface area contributed by atoms with E-state index in [2.05, 4.69) is 28.4 Å². The summed E-state index contributed by atoms with van der Waals surface area (Å²) in [6, 6.07) is 15.9. The Hall–Kier alpha value is -1.58. The molecule has 0 aromatic heterocycles. The lowest BCUT2D eigenvalue weighted by Gasteiger charge is -2.21. The summed E-state index contributed by atoms with van der Waals surface area (Å²) in [6.07, 6.45) is 1.04. The average molecular weight is 289 g/mol. The van der Waals surface area contributed by atoms with E-state index in [-0.39, 0.29) is 0 Å². The van der Waals surface area contributed by atoms with Crippen molar-refractivity contribution >= 4 is 40.3 Å². The van der Waals surface area contributed by atoms with Crippen LogP contribution in [0, 0.1) is 0 Å². The maximum atomic E-state index is 5.87. The molecule has 3 rings (SSSR count). The Kier molecular flexibility index (Phi) is 3.40. The molecule has 0 saturated carbocycles. The van der Waals surface area contributed by atoms with E-state index in [1.165, 1.54) is 11.3 Å². The van der Waals surface area contributed by atoms with Gasteiger partial charge in [-0.05, 0) is 54.5 Å². The molecule has 1 N–H and O–H groups in total. The minimum absolute atomic E-state index is 0.725. The van der Waals surface area contributed by atoms with Crippen molar-refractivity contribution in [3.8, 4) is 0 Å². The first-order valence-electron chi connectivity index (χ1n) is 6.16. The second-order valence-corrected chi connectivity index (χ2v) is 5.29. The molecule has 96 valence electrons. The summed E-state index contributed by atoms with van der Waals surface area (Å²) >= 11 is 11.4. The van der Waals surface area contributed by atoms with Crippen LogP contribution in [0.5, 0.6) is 0 Å². The van der Waals surface area contributed by atoms with Crippen molar-refractivity contribution in [2.45, 2.75) is 6.42 Å². The van der Waals surface area contributed by atoms with Crippen molar-refractivity contribution < 1.29 is 0 Å². The molecule has 1 heterocycles. The van der Waals surface area contributed by atoms with Gasteiger partial charge in [-0.1, -0.05) is 29.8 Å². The molecule has 0 bridgehead atoms. The summed E-state index contributed by atoms with van der Waals surface area (Å²) in [6.45, 7) is 0.929. The predicted octanol–water partition coefficient (Wildman–Crippen LogP) is 4.10. The van der Waals surface area contributed by atoms with E-state index in [1.54, 1.807) is 0 Å². The summed E-state index contributed by atoms with van der Waals surface area (Å²) in [7, 11) is 0. The molecule has 4 heteroatoms. The fourth-order valence-electron chi connectivity index (χ4n) is 2.27. The van der Waals surface area contributed by atoms with Gasteiger partial charge in [0.15, 0.2) is 5.11 Å². The summed E-state index contributed by atoms with van der Waals surface area (Å²) in [5.41, 5.74) is 3.51. The van der Waals surface area contributed by atoms with Crippen LogP contribution in [-0.4, -0.2) is 11.7 Å². The standard InChI is InChI=1S/C15H13ClN2S/c16-12-5-7-13(8-6-12)17-15(19)18-10-9-11-3-1-2-4-14(11)18/h1-8H,9-10H2,(H,17,19). The van der Waals surface area contributed by atoms with Crippen molar-refractivity contribution in [3.05, 3.63) is 59.1 Å². The number of hydrogen-bond acceptors (Lipinski definition) is 1. The van der Waals surface area contributed by atoms with Crippen LogP contribution in [0.2, 0.25) is 5.02 Å². The molecule has 1 aliphatic heterocycles. The highest BCUT2D eigenvalue weighted by atomic mass is 35.5. The van der Waals surface area contributed by atoms with Gasteiger partial charge >= 0.3 is 0 Å². The number of thiocarbonyl (C=S) groups is 1. The van der Waals surface area contributed by atoms with Crippen molar-refractivity contribution in [1.29, 1.82) is 0 Å². The molecule has 2 aromatic carbocycles. The Morgan fingerprint density at radius 1 is 1.11 bits per heavy atom. The van der Waals surface area contributed by atoms with Gasteiger partial charge in [-0.2, -0.15) is 0 Å². The number of para-hydroxylation sites is 1. The highest BCUT2D eigenvalue weighted by Crippen LogP contribution is 2.28. The van der Waals surface area contributed by atoms with Crippen LogP contribution in [0.15, 0.2) is 48.5 Å². The Morgan fingerprint density at radius 2 is 1.84 bits per heavy atom. The van der Waals surface area contributed by atoms with Crippen LogP contribution >= 0.6 is 23.8 Å². The van der Waals surface area contributed by atoms with Crippen LogP contribution in [-0.2, 0) is 6.42 Å². The summed E-state index contributed by atoms with van der Waals surface area (Å²) < 4.78 is 0. The SMILES string of the molecule is S=C(Nc1ccc(Cl)cc1)N1CCc2ccccc21. The number of fused-ring (bicyclic) bond motifs is 1. The maximum absolute atomic E-state index is 5.87. The minimum atomic E-state index is 0.725. The number of anilines is 2. The molecule has 2 aromatic rings. The molecule has 1 aliphatic rings. The van der Waals surface area contributed by atoms with E-state index in [0.717, 1.165) is 28.8 Å². The topological polar surface area (TPSA) is 15.3 Å². The van der Waals surface area contributed by atoms with Crippen LogP contribution in [0.3, 0.4) is 0 Å². The highest BCUT2D eigenvalue weighted by Gasteiger charge is 2.21. The predicted molar refractivity (Wildman–Crippen MR) is 85.2 cm³/mol. The lowest BCUT2D eigenvalue weighted by molar-refractivity contribution is 1.03. The van der Waals surface area contributed by atoms with Gasteiger partial charge in [0.25, 0.3) is 0 Å². The van der Waals surface area contributed by atoms with E-state index in [4.69, 9.17) is 23.8 Å². The first-order chi connectivity index (χ1) is 9.24. The normalized spacial score (nSPS) is 13.2. The van der Waals surface area contributed by atoms with Crippen LogP contribution < -0.4 is 10.2 Å². The lowest BCUT2D eigenvalue weighted by Crippen LogP contribution is -2.33. The lowest BCUT2D eigenvalue weighted by atomic mass is 10.2. The Bertz CT molecular complexity index is 610. The number of hydrogen-bond donors (Lipinski definition) is 1. The Morgan fingerprint density at radius 3 is 2.63 bits per heavy atom. The molecular weight excluding hydrogens is 276 g/mol. The molecule has 0 fully saturated rings. The quantitative estimate of drug-likeness (QED) is 0.796. The highest BCUT2D eigenvalue weighted by molar-refractivity contribution is 7.80. The van der Waals surface area contributed by atoms with Gasteiger partial charge in [-0.15, -0.1) is 0 Å². The van der Waals surface area contributed by atoms with Gasteiger partial charge in [0.2, 0.25) is 0 Å². The number of halogens is 1. The van der Waals surface area contributed by atoms with Crippen molar-refractivity contribution in [2.24, 2.45) is 0 Å². The molecule has 0 atom stereocenters. The molecule has 0 amide bonds. The zero-order valence-corrected chi connectivity index (χ0v) is 11.8. The fraction of sp³-hybridized carbons (Fsp3) is 0.133. The van der Waals surface area contributed by atoms with E-state index in [9.17, 15) is 0 Å². The second-order valence-electron chi connectivity index (χ2n) is 4.47. The number of rotatable bonds is 1. The van der Waals surface area contributed by atoms with Crippen LogP contribution in [0.4, 0.5) is 11.4 Å². The van der Waals surface area contributed by atoms with Crippen LogP contribution in [0.1, 0.15) is 5.56 Å². The average Bonchev–Trinajstić information content (AvgIpc) is 2.85. The first-order valence-corrected chi connectivity index (χ1v) is 6.95. The minimum Gasteiger partial charge on any atom is -0.332 e. The molecule has 19 heavy (non-hydrogen) atoms. The molecular formula is C15H13ClN2S. The monoisotopic (exact) mass is 288 g/mol. The van der Waals surface area contributed by atoms with E-state index >= 15 is 0 Å². The molecule has 0 radical (unpaired) electrons. The zero-order valence-electron chi connectivity index (χ0n) is 10.3. The number of nitrogens with one attached hydrogen (secondary N) is 1. The molecule has 0 saturated heterocycles. The summed E-state index contributed by atoms with van der Waals surface area (Å²) in [4.78, 5) is 2.14. The van der Waals surface area contributed by atoms with Crippen LogP contribution in [0.25, 0.3) is 0 Å². The summed E-state index contributed by atoms with van der Waals surface area (Å²) in [5.74, 6) is 0. The molecule has 2 nitrogen and oxygen atoms in total. The van der Waals surface area contributed by atoms with Crippen molar-refractivity contribution in [1.82, 2.24) is 0 Å². The fourth-order valence-corrected chi connectivity index (χ4v) is 2.71. The van der Waals surface area contributed by atoms with Gasteiger partial charge in [0, 0.05) is 22.9 Å². The maximum Gasteiger partial charge on any atom is 0.177 e. The van der Waals surface area contributed by atoms with Gasteiger partial charge in [0.1, 0.15) is 0 Å². The Labute approximate surface area is 123 Å². The number of benzene rings is 2. The third-order valence-corrected chi connectivity index (χ3v) is 3.80. The third-order valence-electron chi connectivity index (χ3n) is 3.23. The zero-order chi connectivity index (χ0) is 13.2. The molecule has 0 unspecified atom stereocenters. The van der Waals surface area contributed by atoms with E-state index < -0.39 is 0 Å². The van der Waals surface area contributed by atoms with E-state index in [0.29, 0.717) is 0 Å². The van der Waals surface area contributed by atoms with Gasteiger partial charge in [-0.25, -0.2) is 0 Å². The van der Waals surface area contributed by atoms with E-state index in [1.807, 2.05) is 30.3 Å². The largest absolute Gasteiger partial charge is 0.332 e. The third kappa shape index (κ3) is 2.57. The van der Waals surface area contributed by atoms with Gasteiger partial charge < -0.3 is 10.2 Å². The summed E-state index contributed by atoms with van der Waals surface area (Å²) in [5, 5.41) is 4.70. The smallest absolute Gasteiger partial charge is 0.177 e. The molecule has 0 spiro atoms. The number of nitrogens with zero attached hydrogens (tertiary/aromatic N) is 1. The van der Waals surface area contributed by atoms with Gasteiger partial charge in [-0.3, -0.25) is 0 Å². The van der Waals surface area contributed by atoms with Gasteiger partial charge in [0.05, 0.1) is 0 Å².